The highest BCUT2D eigenvalue weighted by Gasteiger charge is 2.24. The van der Waals surface area contributed by atoms with E-state index >= 15 is 0 Å². The first-order valence-corrected chi connectivity index (χ1v) is 11.2. The van der Waals surface area contributed by atoms with Gasteiger partial charge in [0.05, 0.1) is 22.6 Å². The lowest BCUT2D eigenvalue weighted by atomic mass is 10.1. The second-order valence-electron chi connectivity index (χ2n) is 8.61. The molecule has 1 aliphatic heterocycles. The van der Waals surface area contributed by atoms with Crippen LogP contribution in [0.2, 0.25) is 0 Å². The van der Waals surface area contributed by atoms with Crippen molar-refractivity contribution in [2.45, 2.75) is 39.3 Å². The van der Waals surface area contributed by atoms with E-state index in [-0.39, 0.29) is 11.6 Å². The number of nitrogens with one attached hydrogen (secondary N) is 2. The maximum Gasteiger partial charge on any atom is 0.257 e. The summed E-state index contributed by atoms with van der Waals surface area (Å²) in [6.07, 6.45) is 7.34. The highest BCUT2D eigenvalue weighted by molar-refractivity contribution is 6.13. The van der Waals surface area contributed by atoms with Crippen LogP contribution in [0.25, 0.3) is 16.7 Å². The number of rotatable bonds is 4. The zero-order valence-corrected chi connectivity index (χ0v) is 18.8. The van der Waals surface area contributed by atoms with E-state index in [1.165, 1.54) is 6.07 Å². The van der Waals surface area contributed by atoms with Crippen molar-refractivity contribution in [1.82, 2.24) is 24.7 Å². The van der Waals surface area contributed by atoms with Gasteiger partial charge in [-0.3, -0.25) is 14.8 Å². The molecule has 1 fully saturated rings. The minimum Gasteiger partial charge on any atom is -0.367 e. The molecule has 2 atom stereocenters. The van der Waals surface area contributed by atoms with Gasteiger partial charge in [0.2, 0.25) is 0 Å². The Morgan fingerprint density at radius 1 is 1.15 bits per heavy atom. The highest BCUT2D eigenvalue weighted by Crippen LogP contribution is 2.29. The average Bonchev–Trinajstić information content (AvgIpc) is 3.21. The van der Waals surface area contributed by atoms with Gasteiger partial charge in [0.1, 0.15) is 11.0 Å². The van der Waals surface area contributed by atoms with Crippen LogP contribution < -0.4 is 15.5 Å². The molecule has 0 bridgehead atoms. The monoisotopic (exact) mass is 447 g/mol. The number of fused-ring (bicyclic) bond motifs is 2. The largest absolute Gasteiger partial charge is 0.367 e. The van der Waals surface area contributed by atoms with Gasteiger partial charge in [0, 0.05) is 56.0 Å². The molecule has 5 rings (SSSR count). The molecule has 1 saturated heterocycles. The van der Waals surface area contributed by atoms with E-state index in [1.54, 1.807) is 35.3 Å². The van der Waals surface area contributed by atoms with E-state index in [4.69, 9.17) is 0 Å². The number of aryl methyl sites for hydroxylation is 1. The van der Waals surface area contributed by atoms with Gasteiger partial charge in [0.15, 0.2) is 11.5 Å². The summed E-state index contributed by atoms with van der Waals surface area (Å²) in [5, 5.41) is 6.33. The Labute approximate surface area is 190 Å². The molecular formula is C24H26FN7O. The first-order valence-electron chi connectivity index (χ1n) is 11.2. The summed E-state index contributed by atoms with van der Waals surface area (Å²) >= 11 is 0. The van der Waals surface area contributed by atoms with Crippen molar-refractivity contribution in [1.29, 1.82) is 0 Å². The lowest BCUT2D eigenvalue weighted by Crippen LogP contribution is -2.54. The summed E-state index contributed by atoms with van der Waals surface area (Å²) in [7, 11) is 0. The molecule has 8 nitrogen and oxygen atoms in total. The fourth-order valence-corrected chi connectivity index (χ4v) is 4.55. The number of anilines is 2. The van der Waals surface area contributed by atoms with Crippen LogP contribution >= 0.6 is 0 Å². The molecule has 0 unspecified atom stereocenters. The number of carbonyl (C=O) groups is 1. The number of piperazine rings is 1. The molecule has 33 heavy (non-hydrogen) atoms. The summed E-state index contributed by atoms with van der Waals surface area (Å²) < 4.78 is 16.2. The maximum absolute atomic E-state index is 14.6. The van der Waals surface area contributed by atoms with Crippen molar-refractivity contribution < 1.29 is 9.18 Å². The number of benzene rings is 1. The molecule has 2 N–H and O–H groups in total. The molecule has 4 heterocycles. The first-order chi connectivity index (χ1) is 15.9. The Morgan fingerprint density at radius 2 is 1.88 bits per heavy atom. The van der Waals surface area contributed by atoms with Gasteiger partial charge in [-0.2, -0.15) is 0 Å². The Kier molecular flexibility index (Phi) is 5.41. The van der Waals surface area contributed by atoms with Gasteiger partial charge in [-0.25, -0.2) is 9.37 Å². The molecule has 0 spiro atoms. The minimum absolute atomic E-state index is 0.241. The number of pyridine rings is 1. The van der Waals surface area contributed by atoms with Gasteiger partial charge < -0.3 is 19.9 Å². The quantitative estimate of drug-likeness (QED) is 0.499. The first kappa shape index (κ1) is 21.3. The maximum atomic E-state index is 14.6. The fraction of sp³-hybridized carbons (Fsp3) is 0.333. The molecule has 0 radical (unpaired) electrons. The van der Waals surface area contributed by atoms with Gasteiger partial charge in [-0.05, 0) is 32.4 Å². The molecule has 9 heteroatoms. The zero-order valence-electron chi connectivity index (χ0n) is 18.8. The smallest absolute Gasteiger partial charge is 0.257 e. The number of imidazole rings is 1. The molecule has 0 saturated carbocycles. The summed E-state index contributed by atoms with van der Waals surface area (Å²) in [6, 6.07) is 5.64. The molecule has 1 aromatic carbocycles. The lowest BCUT2D eigenvalue weighted by Gasteiger charge is -2.38. The topological polar surface area (TPSA) is 87.5 Å². The van der Waals surface area contributed by atoms with Crippen LogP contribution in [0, 0.1) is 5.82 Å². The number of halogens is 1. The van der Waals surface area contributed by atoms with Crippen LogP contribution in [0.15, 0.2) is 43.0 Å². The van der Waals surface area contributed by atoms with Crippen molar-refractivity contribution in [3.63, 3.8) is 0 Å². The van der Waals surface area contributed by atoms with E-state index in [0.717, 1.165) is 24.5 Å². The van der Waals surface area contributed by atoms with E-state index in [2.05, 4.69) is 44.3 Å². The van der Waals surface area contributed by atoms with Crippen LogP contribution in [0.5, 0.6) is 0 Å². The molecule has 4 aromatic rings. The summed E-state index contributed by atoms with van der Waals surface area (Å²) in [6.45, 7) is 7.94. The Morgan fingerprint density at radius 3 is 2.61 bits per heavy atom. The summed E-state index contributed by atoms with van der Waals surface area (Å²) in [5.74, 6) is -0.863. The van der Waals surface area contributed by atoms with Crippen LogP contribution in [0.3, 0.4) is 0 Å². The van der Waals surface area contributed by atoms with Crippen molar-refractivity contribution in [2.24, 2.45) is 0 Å². The highest BCUT2D eigenvalue weighted by atomic mass is 19.1. The standard InChI is InChI=1S/C24H26FN7O/c1-4-16-12-32-13-17(9-19(25)23(32)29-16)30-24(33)18-5-6-20(22-21(18)26-7-8-27-22)31-10-14(2)28-15(3)11-31/h5-9,12-15,28H,4,10-11H2,1-3H3,(H,30,33)/t14-,15-/m1/s1. The van der Waals surface area contributed by atoms with Crippen LogP contribution in [-0.2, 0) is 6.42 Å². The van der Waals surface area contributed by atoms with Gasteiger partial charge in [0.25, 0.3) is 5.91 Å². The normalized spacial score (nSPS) is 18.7. The van der Waals surface area contributed by atoms with Gasteiger partial charge >= 0.3 is 0 Å². The number of carbonyl (C=O) groups excluding carboxylic acids is 1. The zero-order chi connectivity index (χ0) is 23.1. The van der Waals surface area contributed by atoms with Crippen LogP contribution in [0.1, 0.15) is 36.8 Å². The van der Waals surface area contributed by atoms with Gasteiger partial charge in [-0.1, -0.05) is 6.92 Å². The second-order valence-corrected chi connectivity index (χ2v) is 8.61. The molecule has 170 valence electrons. The van der Waals surface area contributed by atoms with Crippen molar-refractivity contribution in [3.8, 4) is 0 Å². The van der Waals surface area contributed by atoms with Gasteiger partial charge in [-0.15, -0.1) is 0 Å². The molecule has 1 aliphatic rings. The van der Waals surface area contributed by atoms with Crippen LogP contribution in [-0.4, -0.2) is 50.4 Å². The lowest BCUT2D eigenvalue weighted by molar-refractivity contribution is 0.102. The SMILES string of the molecule is CCc1cn2cc(NC(=O)c3ccc(N4C[C@@H](C)N[C@H](C)C4)c4nccnc34)cc(F)c2n1. The Balaban J connectivity index is 1.49. The fourth-order valence-electron chi connectivity index (χ4n) is 4.55. The van der Waals surface area contributed by atoms with E-state index in [0.29, 0.717) is 40.8 Å². The molecule has 3 aromatic heterocycles. The third-order valence-corrected chi connectivity index (χ3v) is 5.92. The van der Waals surface area contributed by atoms with Crippen molar-refractivity contribution >= 4 is 34.0 Å². The van der Waals surface area contributed by atoms with E-state index in [1.807, 2.05) is 13.0 Å². The third-order valence-electron chi connectivity index (χ3n) is 5.92. The number of hydrogen-bond acceptors (Lipinski definition) is 6. The number of nitrogens with zero attached hydrogens (tertiary/aromatic N) is 5. The molecular weight excluding hydrogens is 421 g/mol. The van der Waals surface area contributed by atoms with E-state index < -0.39 is 5.82 Å². The molecule has 0 aliphatic carbocycles. The predicted octanol–water partition coefficient (Wildman–Crippen LogP) is 3.42. The number of amides is 1. The summed E-state index contributed by atoms with van der Waals surface area (Å²) in [4.78, 5) is 28.7. The number of hydrogen-bond donors (Lipinski definition) is 2. The predicted molar refractivity (Wildman–Crippen MR) is 126 cm³/mol. The number of aromatic nitrogens is 4. The minimum atomic E-state index is -0.491. The van der Waals surface area contributed by atoms with E-state index in [9.17, 15) is 9.18 Å². The van der Waals surface area contributed by atoms with Crippen LogP contribution in [0.4, 0.5) is 15.8 Å². The average molecular weight is 448 g/mol. The van der Waals surface area contributed by atoms with Crippen molar-refractivity contribution in [2.75, 3.05) is 23.3 Å². The Hall–Kier alpha value is -3.59. The van der Waals surface area contributed by atoms with Crippen molar-refractivity contribution in [3.05, 3.63) is 60.1 Å². The molecule has 1 amide bonds. The third kappa shape index (κ3) is 4.00. The second kappa shape index (κ2) is 8.40. The summed E-state index contributed by atoms with van der Waals surface area (Å²) in [5.41, 5.74) is 3.90. The Bertz CT molecular complexity index is 1340.